The van der Waals surface area contributed by atoms with Gasteiger partial charge in [-0.2, -0.15) is 0 Å². The van der Waals surface area contributed by atoms with Crippen molar-refractivity contribution in [3.05, 3.63) is 39.7 Å². The van der Waals surface area contributed by atoms with Gasteiger partial charge >= 0.3 is 5.97 Å². The summed E-state index contributed by atoms with van der Waals surface area (Å²) in [7, 11) is -3.80. The van der Waals surface area contributed by atoms with E-state index in [2.05, 4.69) is 0 Å². The first-order chi connectivity index (χ1) is 7.33. The van der Waals surface area contributed by atoms with Gasteiger partial charge in [-0.1, -0.05) is 23.2 Å². The Balaban J connectivity index is 3.18. The number of hydrogen-bond donors (Lipinski definition) is 1. The Labute approximate surface area is 102 Å². The second kappa shape index (κ2) is 4.86. The Morgan fingerprint density at radius 2 is 1.88 bits per heavy atom. The van der Waals surface area contributed by atoms with E-state index < -0.39 is 15.8 Å². The minimum Gasteiger partial charge on any atom is -0.478 e. The number of rotatable bonds is 3. The Morgan fingerprint density at radius 3 is 2.38 bits per heavy atom. The summed E-state index contributed by atoms with van der Waals surface area (Å²) in [5.74, 6) is -1.34. The summed E-state index contributed by atoms with van der Waals surface area (Å²) in [5.41, 5.74) is 0. The number of hydrogen-bond acceptors (Lipinski definition) is 3. The van der Waals surface area contributed by atoms with E-state index in [1.54, 1.807) is 0 Å². The fourth-order valence-electron chi connectivity index (χ4n) is 0.880. The van der Waals surface area contributed by atoms with Crippen LogP contribution >= 0.6 is 23.2 Å². The van der Waals surface area contributed by atoms with E-state index in [0.29, 0.717) is 11.5 Å². The number of carboxylic acid groups (broad SMARTS) is 1. The summed E-state index contributed by atoms with van der Waals surface area (Å²) in [4.78, 5) is 10.1. The molecule has 1 aromatic rings. The van der Waals surface area contributed by atoms with E-state index in [1.165, 1.54) is 12.1 Å². The Kier molecular flexibility index (Phi) is 3.96. The summed E-state index contributed by atoms with van der Waals surface area (Å²) >= 11 is 11.3. The van der Waals surface area contributed by atoms with Gasteiger partial charge in [-0.3, -0.25) is 0 Å². The molecule has 0 bridgehead atoms. The summed E-state index contributed by atoms with van der Waals surface area (Å²) in [6, 6.07) is 3.73. The maximum atomic E-state index is 11.5. The van der Waals surface area contributed by atoms with Crippen molar-refractivity contribution in [1.29, 1.82) is 0 Å². The molecule has 4 nitrogen and oxygen atoms in total. The van der Waals surface area contributed by atoms with Crippen LogP contribution in [0.15, 0.2) is 34.6 Å². The van der Waals surface area contributed by atoms with Crippen LogP contribution in [-0.4, -0.2) is 19.5 Å². The van der Waals surface area contributed by atoms with Gasteiger partial charge in [-0.15, -0.1) is 0 Å². The zero-order chi connectivity index (χ0) is 12.3. The Morgan fingerprint density at radius 1 is 1.25 bits per heavy atom. The molecule has 7 heteroatoms. The van der Waals surface area contributed by atoms with Crippen LogP contribution in [0.1, 0.15) is 0 Å². The predicted molar refractivity (Wildman–Crippen MR) is 60.4 cm³/mol. The molecule has 0 fully saturated rings. The average molecular weight is 281 g/mol. The number of halogens is 2. The zero-order valence-corrected chi connectivity index (χ0v) is 10.1. The van der Waals surface area contributed by atoms with Gasteiger partial charge < -0.3 is 5.11 Å². The van der Waals surface area contributed by atoms with Crippen LogP contribution in [0.25, 0.3) is 0 Å². The normalized spacial score (nSPS) is 11.9. The highest BCUT2D eigenvalue weighted by molar-refractivity contribution is 7.94. The number of benzene rings is 1. The third kappa shape index (κ3) is 3.23. The van der Waals surface area contributed by atoms with E-state index in [0.717, 1.165) is 6.07 Å². The monoisotopic (exact) mass is 280 g/mol. The molecule has 0 atom stereocenters. The standard InChI is InChI=1S/C9H6Cl2O4S/c10-7-2-1-6(5-8(7)11)16(14,15)4-3-9(12)13/h1-5H,(H,12,13)/b4-3+. The van der Waals surface area contributed by atoms with E-state index >= 15 is 0 Å². The molecule has 0 unspecified atom stereocenters. The number of carbonyl (C=O) groups is 1. The van der Waals surface area contributed by atoms with Gasteiger partial charge in [0.25, 0.3) is 0 Å². The maximum absolute atomic E-state index is 11.5. The van der Waals surface area contributed by atoms with Crippen molar-refractivity contribution >= 4 is 39.0 Å². The van der Waals surface area contributed by atoms with Crippen LogP contribution in [0.4, 0.5) is 0 Å². The lowest BCUT2D eigenvalue weighted by Crippen LogP contribution is -1.98. The fourth-order valence-corrected chi connectivity index (χ4v) is 2.24. The van der Waals surface area contributed by atoms with Crippen LogP contribution in [-0.2, 0) is 14.6 Å². The van der Waals surface area contributed by atoms with E-state index in [1.807, 2.05) is 0 Å². The highest BCUT2D eigenvalue weighted by atomic mass is 35.5. The van der Waals surface area contributed by atoms with Crippen molar-refractivity contribution in [3.63, 3.8) is 0 Å². The third-order valence-corrected chi connectivity index (χ3v) is 3.75. The Bertz CT molecular complexity index is 549. The van der Waals surface area contributed by atoms with E-state index in [9.17, 15) is 13.2 Å². The second-order valence-electron chi connectivity index (χ2n) is 2.76. The summed E-state index contributed by atoms with van der Waals surface area (Å²) < 4.78 is 23.1. The SMILES string of the molecule is O=C(O)/C=C/S(=O)(=O)c1ccc(Cl)c(Cl)c1. The van der Waals surface area contributed by atoms with E-state index in [-0.39, 0.29) is 14.9 Å². The number of sulfone groups is 1. The fraction of sp³-hybridized carbons (Fsp3) is 0. The second-order valence-corrected chi connectivity index (χ2v) is 5.41. The van der Waals surface area contributed by atoms with Crippen molar-refractivity contribution in [3.8, 4) is 0 Å². The van der Waals surface area contributed by atoms with Gasteiger partial charge in [0, 0.05) is 11.5 Å². The minimum atomic E-state index is -3.80. The number of aliphatic carboxylic acids is 1. The molecular weight excluding hydrogens is 275 g/mol. The van der Waals surface area contributed by atoms with Crippen molar-refractivity contribution in [1.82, 2.24) is 0 Å². The van der Waals surface area contributed by atoms with Crippen molar-refractivity contribution in [2.45, 2.75) is 4.90 Å². The Hall–Kier alpha value is -1.04. The lowest BCUT2D eigenvalue weighted by atomic mass is 10.4. The molecular formula is C9H6Cl2O4S. The molecule has 0 aromatic heterocycles. The first-order valence-corrected chi connectivity index (χ1v) is 6.24. The van der Waals surface area contributed by atoms with Crippen LogP contribution < -0.4 is 0 Å². The average Bonchev–Trinajstić information content (AvgIpc) is 2.19. The summed E-state index contributed by atoms with van der Waals surface area (Å²) in [6.07, 6.45) is 0.540. The van der Waals surface area contributed by atoms with Crippen molar-refractivity contribution < 1.29 is 18.3 Å². The van der Waals surface area contributed by atoms with Gasteiger partial charge in [-0.25, -0.2) is 13.2 Å². The summed E-state index contributed by atoms with van der Waals surface area (Å²) in [6.45, 7) is 0. The molecule has 16 heavy (non-hydrogen) atoms. The van der Waals surface area contributed by atoms with E-state index in [4.69, 9.17) is 28.3 Å². The van der Waals surface area contributed by atoms with Crippen LogP contribution in [0, 0.1) is 0 Å². The quantitative estimate of drug-likeness (QED) is 0.863. The first kappa shape index (κ1) is 13.0. The molecule has 1 N–H and O–H groups in total. The van der Waals surface area contributed by atoms with Gasteiger partial charge in [0.1, 0.15) is 0 Å². The molecule has 0 radical (unpaired) electrons. The maximum Gasteiger partial charge on any atom is 0.329 e. The number of carboxylic acids is 1. The molecule has 86 valence electrons. The molecule has 0 aliphatic heterocycles. The highest BCUT2D eigenvalue weighted by Crippen LogP contribution is 2.25. The largest absolute Gasteiger partial charge is 0.478 e. The topological polar surface area (TPSA) is 71.4 Å². The molecule has 0 amide bonds. The van der Waals surface area contributed by atoms with Gasteiger partial charge in [-0.05, 0) is 18.2 Å². The van der Waals surface area contributed by atoms with Crippen LogP contribution in [0.2, 0.25) is 10.0 Å². The molecule has 0 aliphatic carbocycles. The molecule has 1 aromatic carbocycles. The van der Waals surface area contributed by atoms with Gasteiger partial charge in [0.2, 0.25) is 0 Å². The van der Waals surface area contributed by atoms with Gasteiger partial charge in [0.05, 0.1) is 14.9 Å². The molecule has 0 saturated heterocycles. The smallest absolute Gasteiger partial charge is 0.329 e. The lowest BCUT2D eigenvalue weighted by molar-refractivity contribution is -0.131. The van der Waals surface area contributed by atoms with Crippen molar-refractivity contribution in [2.24, 2.45) is 0 Å². The first-order valence-electron chi connectivity index (χ1n) is 3.94. The van der Waals surface area contributed by atoms with Gasteiger partial charge in [0.15, 0.2) is 9.84 Å². The molecule has 0 saturated carbocycles. The molecule has 0 aliphatic rings. The zero-order valence-electron chi connectivity index (χ0n) is 7.72. The third-order valence-electron chi connectivity index (χ3n) is 1.61. The van der Waals surface area contributed by atoms with Crippen LogP contribution in [0.3, 0.4) is 0 Å². The molecule has 1 rings (SSSR count). The van der Waals surface area contributed by atoms with Crippen LogP contribution in [0.5, 0.6) is 0 Å². The van der Waals surface area contributed by atoms with Crippen molar-refractivity contribution in [2.75, 3.05) is 0 Å². The molecule has 0 heterocycles. The predicted octanol–water partition coefficient (Wildman–Crippen LogP) is 2.37. The minimum absolute atomic E-state index is 0.0893. The summed E-state index contributed by atoms with van der Waals surface area (Å²) in [5, 5.41) is 9.23. The highest BCUT2D eigenvalue weighted by Gasteiger charge is 2.12. The molecule has 0 spiro atoms. The lowest BCUT2D eigenvalue weighted by Gasteiger charge is -2.00.